The van der Waals surface area contributed by atoms with E-state index in [0.29, 0.717) is 29.0 Å². The Morgan fingerprint density at radius 2 is 1.96 bits per heavy atom. The normalized spacial score (nSPS) is 20.5. The second-order valence-corrected chi connectivity index (χ2v) is 7.31. The highest BCUT2D eigenvalue weighted by Crippen LogP contribution is 2.29. The van der Waals surface area contributed by atoms with Crippen LogP contribution < -0.4 is 10.2 Å². The van der Waals surface area contributed by atoms with E-state index in [1.165, 1.54) is 17.3 Å². The number of aryl methyl sites for hydroxylation is 1. The van der Waals surface area contributed by atoms with Crippen LogP contribution in [0.2, 0.25) is 0 Å². The van der Waals surface area contributed by atoms with Gasteiger partial charge in [-0.15, -0.1) is 0 Å². The number of ether oxygens (including phenoxy) is 1. The highest BCUT2D eigenvalue weighted by Gasteiger charge is 2.24. The van der Waals surface area contributed by atoms with E-state index < -0.39 is 0 Å². The van der Waals surface area contributed by atoms with Gasteiger partial charge in [0.15, 0.2) is 11.1 Å². The molecule has 2 aliphatic rings. The molecule has 0 unspecified atom stereocenters. The number of morpholine rings is 1. The number of nitrogens with zero attached hydrogens (tertiary/aromatic N) is 2. The Bertz CT molecular complexity index is 880. The summed E-state index contributed by atoms with van der Waals surface area (Å²) in [7, 11) is 0. The van der Waals surface area contributed by atoms with Crippen LogP contribution in [0.15, 0.2) is 50.7 Å². The number of hydrogen-bond donors (Lipinski definition) is 1. The van der Waals surface area contributed by atoms with E-state index in [1.54, 1.807) is 6.08 Å². The number of benzene rings is 1. The van der Waals surface area contributed by atoms with E-state index in [4.69, 9.17) is 9.15 Å². The van der Waals surface area contributed by atoms with E-state index in [-0.39, 0.29) is 5.91 Å². The van der Waals surface area contributed by atoms with Gasteiger partial charge in [0.2, 0.25) is 0 Å². The fraction of sp³-hybridized carbons (Fsp3) is 0.300. The molecule has 7 heteroatoms. The van der Waals surface area contributed by atoms with Crippen LogP contribution >= 0.6 is 11.8 Å². The predicted molar refractivity (Wildman–Crippen MR) is 108 cm³/mol. The average Bonchev–Trinajstić information content (AvgIpc) is 3.30. The van der Waals surface area contributed by atoms with Crippen molar-refractivity contribution in [2.24, 2.45) is 4.99 Å². The van der Waals surface area contributed by atoms with Crippen LogP contribution in [-0.2, 0) is 16.0 Å². The van der Waals surface area contributed by atoms with Crippen molar-refractivity contribution in [1.82, 2.24) is 5.32 Å². The Morgan fingerprint density at radius 3 is 2.70 bits per heavy atom. The molecule has 140 valence electrons. The van der Waals surface area contributed by atoms with Gasteiger partial charge in [0.25, 0.3) is 5.91 Å². The number of thioether (sulfide) groups is 1. The van der Waals surface area contributed by atoms with E-state index in [0.717, 1.165) is 31.1 Å². The molecule has 27 heavy (non-hydrogen) atoms. The molecule has 2 aliphatic heterocycles. The molecular formula is C20H21N3O3S. The fourth-order valence-corrected chi connectivity index (χ4v) is 3.73. The molecular weight excluding hydrogens is 362 g/mol. The van der Waals surface area contributed by atoms with Crippen molar-refractivity contribution < 1.29 is 13.9 Å². The first-order valence-corrected chi connectivity index (χ1v) is 9.84. The van der Waals surface area contributed by atoms with Crippen molar-refractivity contribution in [2.75, 3.05) is 31.2 Å². The van der Waals surface area contributed by atoms with Crippen molar-refractivity contribution in [2.45, 2.75) is 13.3 Å². The predicted octanol–water partition coefficient (Wildman–Crippen LogP) is 3.57. The number of aliphatic imine (C=N–C) groups is 1. The largest absolute Gasteiger partial charge is 0.441 e. The Morgan fingerprint density at radius 1 is 1.19 bits per heavy atom. The molecule has 2 saturated heterocycles. The second-order valence-electron chi connectivity index (χ2n) is 6.28. The summed E-state index contributed by atoms with van der Waals surface area (Å²) in [4.78, 5) is 19.5. The molecule has 0 atom stereocenters. The van der Waals surface area contributed by atoms with E-state index in [1.807, 2.05) is 36.4 Å². The average molecular weight is 383 g/mol. The van der Waals surface area contributed by atoms with Crippen molar-refractivity contribution >= 4 is 40.5 Å². The fourth-order valence-electron chi connectivity index (χ4n) is 2.91. The molecule has 1 aromatic carbocycles. The number of furan rings is 1. The monoisotopic (exact) mass is 383 g/mol. The third kappa shape index (κ3) is 4.26. The number of amides is 1. The number of carbonyl (C=O) groups excluding carboxylic acids is 1. The minimum atomic E-state index is -0.159. The summed E-state index contributed by atoms with van der Waals surface area (Å²) in [5.41, 5.74) is 2.08. The minimum Gasteiger partial charge on any atom is -0.441 e. The van der Waals surface area contributed by atoms with Gasteiger partial charge < -0.3 is 19.4 Å². The Balaban J connectivity index is 1.47. The first-order valence-electron chi connectivity index (χ1n) is 9.02. The zero-order chi connectivity index (χ0) is 18.6. The van der Waals surface area contributed by atoms with Crippen molar-refractivity contribution in [1.29, 1.82) is 0 Å². The van der Waals surface area contributed by atoms with E-state index >= 15 is 0 Å². The van der Waals surface area contributed by atoms with E-state index in [2.05, 4.69) is 22.1 Å². The zero-order valence-corrected chi connectivity index (χ0v) is 15.9. The highest BCUT2D eigenvalue weighted by molar-refractivity contribution is 8.18. The third-order valence-corrected chi connectivity index (χ3v) is 5.34. The second kappa shape index (κ2) is 8.02. The lowest BCUT2D eigenvalue weighted by Crippen LogP contribution is -2.35. The number of hydrogen-bond acceptors (Lipinski definition) is 6. The standard InChI is InChI=1S/C20H21N3O3S/c1-2-14-3-5-15(6-4-14)21-20-22-19(24)17(27-20)13-16-7-8-18(26-16)23-9-11-25-12-10-23/h3-8,13H,2,9-12H2,1H3,(H,21,22,24)/b17-13-. The molecule has 0 radical (unpaired) electrons. The molecule has 1 aromatic heterocycles. The van der Waals surface area contributed by atoms with Gasteiger partial charge in [-0.25, -0.2) is 4.99 Å². The number of nitrogens with one attached hydrogen (secondary N) is 1. The van der Waals surface area contributed by atoms with Crippen LogP contribution in [0.3, 0.4) is 0 Å². The Hall–Kier alpha value is -2.51. The molecule has 0 spiro atoms. The van der Waals surface area contributed by atoms with Crippen molar-refractivity contribution in [3.63, 3.8) is 0 Å². The smallest absolute Gasteiger partial charge is 0.264 e. The number of anilines is 1. The van der Waals surface area contributed by atoms with Gasteiger partial charge in [0.1, 0.15) is 5.76 Å². The van der Waals surface area contributed by atoms with Crippen LogP contribution in [0.1, 0.15) is 18.2 Å². The topological polar surface area (TPSA) is 67.1 Å². The van der Waals surface area contributed by atoms with Crippen LogP contribution in [0.25, 0.3) is 6.08 Å². The first kappa shape index (κ1) is 17.9. The molecule has 0 bridgehead atoms. The van der Waals surface area contributed by atoms with Crippen LogP contribution in [-0.4, -0.2) is 37.4 Å². The van der Waals surface area contributed by atoms with Gasteiger partial charge in [-0.2, -0.15) is 0 Å². The Labute approximate surface area is 162 Å². The van der Waals surface area contributed by atoms with E-state index in [9.17, 15) is 4.79 Å². The highest BCUT2D eigenvalue weighted by atomic mass is 32.2. The number of amidine groups is 1. The Kier molecular flexibility index (Phi) is 5.31. The van der Waals surface area contributed by atoms with Crippen molar-refractivity contribution in [3.8, 4) is 0 Å². The van der Waals surface area contributed by atoms with Crippen molar-refractivity contribution in [3.05, 3.63) is 52.6 Å². The van der Waals surface area contributed by atoms with Gasteiger partial charge >= 0.3 is 0 Å². The molecule has 1 N–H and O–H groups in total. The lowest BCUT2D eigenvalue weighted by Gasteiger charge is -2.26. The minimum absolute atomic E-state index is 0.159. The zero-order valence-electron chi connectivity index (χ0n) is 15.1. The molecule has 1 amide bonds. The maximum Gasteiger partial charge on any atom is 0.264 e. The van der Waals surface area contributed by atoms with Gasteiger partial charge in [-0.3, -0.25) is 4.79 Å². The first-order chi connectivity index (χ1) is 13.2. The molecule has 0 aliphatic carbocycles. The summed E-state index contributed by atoms with van der Waals surface area (Å²) in [5, 5.41) is 3.39. The van der Waals surface area contributed by atoms with Gasteiger partial charge in [0, 0.05) is 25.2 Å². The summed E-state index contributed by atoms with van der Waals surface area (Å²) in [5.74, 6) is 1.30. The number of carbonyl (C=O) groups is 1. The van der Waals surface area contributed by atoms with Gasteiger partial charge in [0.05, 0.1) is 23.8 Å². The third-order valence-electron chi connectivity index (χ3n) is 4.43. The summed E-state index contributed by atoms with van der Waals surface area (Å²) in [6.45, 7) is 5.14. The SMILES string of the molecule is CCc1ccc(N=C2NC(=O)/C(=C/c3ccc(N4CCOCC4)o3)S2)cc1. The quantitative estimate of drug-likeness (QED) is 0.818. The molecule has 2 aromatic rings. The lowest BCUT2D eigenvalue weighted by molar-refractivity contribution is -0.115. The lowest BCUT2D eigenvalue weighted by atomic mass is 10.2. The molecule has 4 rings (SSSR count). The maximum absolute atomic E-state index is 12.2. The molecule has 0 saturated carbocycles. The van der Waals surface area contributed by atoms with Gasteiger partial charge in [-0.05, 0) is 41.9 Å². The molecule has 2 fully saturated rings. The van der Waals surface area contributed by atoms with Crippen LogP contribution in [0.4, 0.5) is 11.6 Å². The van der Waals surface area contributed by atoms with Gasteiger partial charge in [-0.1, -0.05) is 19.1 Å². The summed E-state index contributed by atoms with van der Waals surface area (Å²) >= 11 is 1.32. The maximum atomic E-state index is 12.2. The molecule has 3 heterocycles. The summed E-state index contributed by atoms with van der Waals surface area (Å²) < 4.78 is 11.2. The number of rotatable bonds is 4. The summed E-state index contributed by atoms with van der Waals surface area (Å²) in [6, 6.07) is 11.8. The summed E-state index contributed by atoms with van der Waals surface area (Å²) in [6.07, 6.45) is 2.75. The van der Waals surface area contributed by atoms with Crippen LogP contribution in [0.5, 0.6) is 0 Å². The van der Waals surface area contributed by atoms with Crippen LogP contribution in [0, 0.1) is 0 Å². The molecule has 6 nitrogen and oxygen atoms in total.